The molecular weight excluding hydrogens is 134 g/mol. The third kappa shape index (κ3) is 5.86. The van der Waals surface area contributed by atoms with Gasteiger partial charge in [-0.05, 0) is 33.7 Å². The summed E-state index contributed by atoms with van der Waals surface area (Å²) in [4.78, 5) is 0. The first-order valence-corrected chi connectivity index (χ1v) is 4.09. The smallest absolute Gasteiger partial charge is 0.0125 e. The van der Waals surface area contributed by atoms with Gasteiger partial charge in [0.05, 0.1) is 0 Å². The number of nitrogens with one attached hydrogen (secondary N) is 1. The molecule has 0 atom stereocenters. The number of rotatable bonds is 5. The van der Waals surface area contributed by atoms with Gasteiger partial charge in [0.2, 0.25) is 0 Å². The Balaban J connectivity index is 3.52. The van der Waals surface area contributed by atoms with Crippen molar-refractivity contribution in [1.29, 1.82) is 0 Å². The standard InChI is InChI=1S/C10H19N/c1-5-6-7-8-9-10(2,3)11-4/h5-7,11H,1,8-9H2,2-4H3. The SMILES string of the molecule is C=CC=CCCC(C)(C)NC. The fraction of sp³-hybridized carbons (Fsp3) is 0.600. The van der Waals surface area contributed by atoms with Gasteiger partial charge in [0.25, 0.3) is 0 Å². The van der Waals surface area contributed by atoms with Crippen molar-refractivity contribution in [2.45, 2.75) is 32.2 Å². The molecule has 1 nitrogen and oxygen atoms in total. The largest absolute Gasteiger partial charge is 0.315 e. The first-order valence-electron chi connectivity index (χ1n) is 4.09. The highest BCUT2D eigenvalue weighted by atomic mass is 14.9. The molecule has 0 fully saturated rings. The Morgan fingerprint density at radius 3 is 2.55 bits per heavy atom. The molecule has 0 radical (unpaired) electrons. The molecule has 1 N–H and O–H groups in total. The van der Waals surface area contributed by atoms with E-state index in [2.05, 4.69) is 31.8 Å². The van der Waals surface area contributed by atoms with Crippen LogP contribution in [0, 0.1) is 0 Å². The average Bonchev–Trinajstić information content (AvgIpc) is 1.99. The molecule has 1 heteroatoms. The van der Waals surface area contributed by atoms with Gasteiger partial charge in [-0.25, -0.2) is 0 Å². The van der Waals surface area contributed by atoms with Crippen molar-refractivity contribution in [1.82, 2.24) is 5.32 Å². The zero-order valence-electron chi connectivity index (χ0n) is 7.85. The maximum absolute atomic E-state index is 3.61. The maximum atomic E-state index is 3.61. The van der Waals surface area contributed by atoms with Gasteiger partial charge in [-0.2, -0.15) is 0 Å². The van der Waals surface area contributed by atoms with Crippen molar-refractivity contribution in [3.8, 4) is 0 Å². The summed E-state index contributed by atoms with van der Waals surface area (Å²) in [5.41, 5.74) is 0.255. The molecular formula is C10H19N. The second-order valence-corrected chi connectivity index (χ2v) is 3.34. The number of hydrogen-bond donors (Lipinski definition) is 1. The minimum absolute atomic E-state index is 0.255. The molecule has 64 valence electrons. The van der Waals surface area contributed by atoms with E-state index in [4.69, 9.17) is 0 Å². The minimum Gasteiger partial charge on any atom is -0.315 e. The fourth-order valence-electron chi connectivity index (χ4n) is 0.762. The van der Waals surface area contributed by atoms with Gasteiger partial charge in [0.15, 0.2) is 0 Å². The molecule has 0 saturated heterocycles. The van der Waals surface area contributed by atoms with Crippen LogP contribution in [0.1, 0.15) is 26.7 Å². The van der Waals surface area contributed by atoms with E-state index in [9.17, 15) is 0 Å². The first kappa shape index (κ1) is 10.4. The van der Waals surface area contributed by atoms with Gasteiger partial charge >= 0.3 is 0 Å². The Morgan fingerprint density at radius 2 is 2.09 bits per heavy atom. The van der Waals surface area contributed by atoms with Crippen LogP contribution in [0.2, 0.25) is 0 Å². The summed E-state index contributed by atoms with van der Waals surface area (Å²) in [6.45, 7) is 8.02. The van der Waals surface area contributed by atoms with Crippen LogP contribution in [0.5, 0.6) is 0 Å². The summed E-state index contributed by atoms with van der Waals surface area (Å²) in [6.07, 6.45) is 8.22. The lowest BCUT2D eigenvalue weighted by Gasteiger charge is -2.22. The zero-order valence-corrected chi connectivity index (χ0v) is 7.85. The highest BCUT2D eigenvalue weighted by molar-refractivity contribution is 4.97. The van der Waals surface area contributed by atoms with Crippen molar-refractivity contribution < 1.29 is 0 Å². The Hall–Kier alpha value is -0.560. The fourth-order valence-corrected chi connectivity index (χ4v) is 0.762. The van der Waals surface area contributed by atoms with E-state index in [0.29, 0.717) is 0 Å². The monoisotopic (exact) mass is 153 g/mol. The summed E-state index contributed by atoms with van der Waals surface area (Å²) in [5, 5.41) is 3.26. The van der Waals surface area contributed by atoms with E-state index in [1.807, 2.05) is 19.2 Å². The Kier molecular flexibility index (Phi) is 4.88. The number of hydrogen-bond acceptors (Lipinski definition) is 1. The summed E-state index contributed by atoms with van der Waals surface area (Å²) in [6, 6.07) is 0. The molecule has 0 heterocycles. The lowest BCUT2D eigenvalue weighted by atomic mass is 9.99. The molecule has 0 bridgehead atoms. The van der Waals surface area contributed by atoms with Crippen molar-refractivity contribution >= 4 is 0 Å². The second-order valence-electron chi connectivity index (χ2n) is 3.34. The van der Waals surface area contributed by atoms with Gasteiger partial charge in [0, 0.05) is 5.54 Å². The Bertz CT molecular complexity index is 134. The molecule has 0 unspecified atom stereocenters. The van der Waals surface area contributed by atoms with Crippen LogP contribution < -0.4 is 5.32 Å². The van der Waals surface area contributed by atoms with Crippen molar-refractivity contribution in [3.05, 3.63) is 24.8 Å². The normalized spacial score (nSPS) is 12.3. The topological polar surface area (TPSA) is 12.0 Å². The Labute approximate surface area is 70.2 Å². The van der Waals surface area contributed by atoms with Crippen LogP contribution in [0.25, 0.3) is 0 Å². The first-order chi connectivity index (χ1) is 5.12. The van der Waals surface area contributed by atoms with Crippen LogP contribution in [-0.2, 0) is 0 Å². The summed E-state index contributed by atoms with van der Waals surface area (Å²) in [7, 11) is 2.00. The van der Waals surface area contributed by atoms with Crippen LogP contribution in [-0.4, -0.2) is 12.6 Å². The molecule has 0 aliphatic carbocycles. The predicted octanol–water partition coefficient (Wildman–Crippen LogP) is 2.51. The molecule has 0 aliphatic heterocycles. The van der Waals surface area contributed by atoms with E-state index >= 15 is 0 Å². The van der Waals surface area contributed by atoms with Gasteiger partial charge in [-0.15, -0.1) is 0 Å². The van der Waals surface area contributed by atoms with E-state index < -0.39 is 0 Å². The minimum atomic E-state index is 0.255. The number of allylic oxidation sites excluding steroid dienone is 3. The Morgan fingerprint density at radius 1 is 1.45 bits per heavy atom. The molecule has 0 rings (SSSR count). The van der Waals surface area contributed by atoms with Gasteiger partial charge in [-0.1, -0.05) is 24.8 Å². The molecule has 0 aromatic rings. The maximum Gasteiger partial charge on any atom is 0.0125 e. The summed E-state index contributed by atoms with van der Waals surface area (Å²) in [5.74, 6) is 0. The lowest BCUT2D eigenvalue weighted by Crippen LogP contribution is -2.35. The van der Waals surface area contributed by atoms with E-state index in [1.54, 1.807) is 0 Å². The van der Waals surface area contributed by atoms with Crippen molar-refractivity contribution in [2.75, 3.05) is 7.05 Å². The average molecular weight is 153 g/mol. The third-order valence-electron chi connectivity index (χ3n) is 1.88. The van der Waals surface area contributed by atoms with Gasteiger partial charge in [0.1, 0.15) is 0 Å². The predicted molar refractivity (Wildman–Crippen MR) is 51.7 cm³/mol. The van der Waals surface area contributed by atoms with Crippen molar-refractivity contribution in [2.24, 2.45) is 0 Å². The van der Waals surface area contributed by atoms with Crippen LogP contribution in [0.3, 0.4) is 0 Å². The second kappa shape index (κ2) is 5.14. The summed E-state index contributed by atoms with van der Waals surface area (Å²) < 4.78 is 0. The summed E-state index contributed by atoms with van der Waals surface area (Å²) >= 11 is 0. The van der Waals surface area contributed by atoms with E-state index in [0.717, 1.165) is 12.8 Å². The zero-order chi connectivity index (χ0) is 8.74. The molecule has 0 aromatic heterocycles. The van der Waals surface area contributed by atoms with E-state index in [-0.39, 0.29) is 5.54 Å². The van der Waals surface area contributed by atoms with Gasteiger partial charge in [-0.3, -0.25) is 0 Å². The molecule has 0 spiro atoms. The lowest BCUT2D eigenvalue weighted by molar-refractivity contribution is 0.396. The van der Waals surface area contributed by atoms with Crippen LogP contribution in [0.15, 0.2) is 24.8 Å². The van der Waals surface area contributed by atoms with Gasteiger partial charge < -0.3 is 5.32 Å². The van der Waals surface area contributed by atoms with E-state index in [1.165, 1.54) is 0 Å². The highest BCUT2D eigenvalue weighted by Crippen LogP contribution is 2.10. The third-order valence-corrected chi connectivity index (χ3v) is 1.88. The van der Waals surface area contributed by atoms with Crippen molar-refractivity contribution in [3.63, 3.8) is 0 Å². The molecule has 0 aliphatic rings. The molecule has 11 heavy (non-hydrogen) atoms. The molecule has 0 aromatic carbocycles. The highest BCUT2D eigenvalue weighted by Gasteiger charge is 2.11. The van der Waals surface area contributed by atoms with Crippen LogP contribution in [0.4, 0.5) is 0 Å². The molecule has 0 amide bonds. The quantitative estimate of drug-likeness (QED) is 0.598. The molecule has 0 saturated carbocycles. The van der Waals surface area contributed by atoms with Crippen LogP contribution >= 0.6 is 0 Å².